The SMILES string of the molecule is COc1c(F)c(F)cc(C(=O)Nc2ccccc2-c2cn([C@H]3C=C(C(=O)O)O[C@@H]([C@H](O)[C@H](O)CO)[C@@H]3C)nn2)c1F. The summed E-state index contributed by atoms with van der Waals surface area (Å²) in [5, 5.41) is 49.7. The number of rotatable bonds is 9. The molecule has 5 atom stereocenters. The topological polar surface area (TPSA) is 176 Å². The maximum Gasteiger partial charge on any atom is 0.370 e. The van der Waals surface area contributed by atoms with Crippen LogP contribution in [0.4, 0.5) is 18.9 Å². The fourth-order valence-corrected chi connectivity index (χ4v) is 4.42. The molecule has 41 heavy (non-hydrogen) atoms. The Balaban J connectivity index is 1.66. The van der Waals surface area contributed by atoms with Gasteiger partial charge in [0.2, 0.25) is 11.6 Å². The van der Waals surface area contributed by atoms with Crippen LogP contribution >= 0.6 is 0 Å². The second-order valence-electron chi connectivity index (χ2n) is 9.16. The van der Waals surface area contributed by atoms with E-state index in [9.17, 15) is 43.2 Å². The summed E-state index contributed by atoms with van der Waals surface area (Å²) in [7, 11) is 0.923. The molecule has 12 nitrogen and oxygen atoms in total. The lowest BCUT2D eigenvalue weighted by Crippen LogP contribution is -2.48. The lowest BCUT2D eigenvalue weighted by atomic mass is 9.87. The number of methoxy groups -OCH3 is 1. The number of aliphatic carboxylic acids is 1. The smallest absolute Gasteiger partial charge is 0.370 e. The number of para-hydroxylation sites is 1. The lowest BCUT2D eigenvalue weighted by molar-refractivity contribution is -0.148. The van der Waals surface area contributed by atoms with E-state index in [2.05, 4.69) is 20.4 Å². The van der Waals surface area contributed by atoms with Crippen molar-refractivity contribution >= 4 is 17.6 Å². The van der Waals surface area contributed by atoms with Crippen LogP contribution in [0.25, 0.3) is 11.3 Å². The number of benzene rings is 2. The fourth-order valence-electron chi connectivity index (χ4n) is 4.42. The molecule has 1 aromatic heterocycles. The second-order valence-corrected chi connectivity index (χ2v) is 9.16. The Morgan fingerprint density at radius 2 is 1.90 bits per heavy atom. The number of hydrogen-bond acceptors (Lipinski definition) is 9. The summed E-state index contributed by atoms with van der Waals surface area (Å²) in [4.78, 5) is 24.5. The Kier molecular flexibility index (Phi) is 8.60. The first-order valence-electron chi connectivity index (χ1n) is 12.1. The summed E-state index contributed by atoms with van der Waals surface area (Å²) < 4.78 is 53.7. The number of anilines is 1. The molecule has 1 aliphatic heterocycles. The van der Waals surface area contributed by atoms with Crippen molar-refractivity contribution in [2.24, 2.45) is 5.92 Å². The van der Waals surface area contributed by atoms with Crippen molar-refractivity contribution in [1.82, 2.24) is 15.0 Å². The second kappa shape index (κ2) is 12.0. The molecule has 218 valence electrons. The number of hydrogen-bond donors (Lipinski definition) is 5. The van der Waals surface area contributed by atoms with E-state index in [1.165, 1.54) is 23.0 Å². The van der Waals surface area contributed by atoms with Gasteiger partial charge in [0.15, 0.2) is 17.4 Å². The van der Waals surface area contributed by atoms with Crippen LogP contribution in [-0.2, 0) is 9.53 Å². The Bertz CT molecular complexity index is 1500. The monoisotopic (exact) mass is 578 g/mol. The third-order valence-corrected chi connectivity index (χ3v) is 6.60. The van der Waals surface area contributed by atoms with E-state index in [4.69, 9.17) is 4.74 Å². The number of nitrogens with one attached hydrogen (secondary N) is 1. The number of carbonyl (C=O) groups excluding carboxylic acids is 1. The Labute approximate surface area is 230 Å². The summed E-state index contributed by atoms with van der Waals surface area (Å²) in [6.45, 7) is 0.819. The maximum atomic E-state index is 14.7. The van der Waals surface area contributed by atoms with Gasteiger partial charge in [-0.3, -0.25) is 4.79 Å². The molecule has 0 saturated heterocycles. The van der Waals surface area contributed by atoms with Gasteiger partial charge in [0.25, 0.3) is 5.91 Å². The summed E-state index contributed by atoms with van der Waals surface area (Å²) in [5.41, 5.74) is -0.234. The maximum absolute atomic E-state index is 14.7. The van der Waals surface area contributed by atoms with Crippen LogP contribution in [0.5, 0.6) is 5.75 Å². The van der Waals surface area contributed by atoms with E-state index in [0.717, 1.165) is 7.11 Å². The number of carboxylic acids is 1. The van der Waals surface area contributed by atoms with Gasteiger partial charge in [-0.1, -0.05) is 30.3 Å². The van der Waals surface area contributed by atoms with Gasteiger partial charge in [-0.25, -0.2) is 18.3 Å². The molecule has 2 aromatic carbocycles. The predicted octanol–water partition coefficient (Wildman–Crippen LogP) is 1.88. The standard InChI is InChI=1S/C26H25F3N4O8/c1-11-17(8-19(26(38)39)41-23(11)22(36)18(35)10-34)33-9-16(31-32-33)12-5-3-4-6-15(12)30-25(37)13-7-14(27)21(29)24(40-2)20(13)28/h3-9,11,17-18,22-23,34-36H,10H2,1-2H3,(H,30,37)(H,38,39)/t11-,17+,18-,22-,23-/m1/s1. The van der Waals surface area contributed by atoms with Crippen LogP contribution in [0.2, 0.25) is 0 Å². The molecule has 2 heterocycles. The van der Waals surface area contributed by atoms with Crippen molar-refractivity contribution in [3.8, 4) is 17.0 Å². The molecular weight excluding hydrogens is 553 g/mol. The number of allylic oxidation sites excluding steroid dienone is 1. The number of aliphatic hydroxyl groups is 3. The largest absolute Gasteiger partial charge is 0.491 e. The van der Waals surface area contributed by atoms with Crippen LogP contribution in [0.1, 0.15) is 23.3 Å². The summed E-state index contributed by atoms with van der Waals surface area (Å²) in [5.74, 6) is -9.26. The van der Waals surface area contributed by atoms with Crippen molar-refractivity contribution in [3.05, 3.63) is 71.4 Å². The van der Waals surface area contributed by atoms with Crippen LogP contribution in [-0.4, -0.2) is 79.3 Å². The summed E-state index contributed by atoms with van der Waals surface area (Å²) >= 11 is 0. The Morgan fingerprint density at radius 1 is 1.20 bits per heavy atom. The molecule has 0 aliphatic carbocycles. The Morgan fingerprint density at radius 3 is 2.56 bits per heavy atom. The first kappa shape index (κ1) is 29.5. The molecule has 15 heteroatoms. The van der Waals surface area contributed by atoms with E-state index in [1.807, 2.05) is 0 Å². The van der Waals surface area contributed by atoms with Crippen molar-refractivity contribution in [1.29, 1.82) is 0 Å². The minimum absolute atomic E-state index is 0.105. The average molecular weight is 579 g/mol. The van der Waals surface area contributed by atoms with Gasteiger partial charge in [-0.05, 0) is 18.2 Å². The van der Waals surface area contributed by atoms with Gasteiger partial charge < -0.3 is 35.2 Å². The average Bonchev–Trinajstić information content (AvgIpc) is 3.44. The van der Waals surface area contributed by atoms with E-state index in [-0.39, 0.29) is 16.9 Å². The third-order valence-electron chi connectivity index (χ3n) is 6.60. The minimum Gasteiger partial charge on any atom is -0.491 e. The van der Waals surface area contributed by atoms with Crippen LogP contribution in [0.15, 0.2) is 48.4 Å². The fraction of sp³-hybridized carbons (Fsp3) is 0.308. The van der Waals surface area contributed by atoms with Gasteiger partial charge in [0, 0.05) is 11.5 Å². The molecule has 5 N–H and O–H groups in total. The van der Waals surface area contributed by atoms with Crippen molar-refractivity contribution in [2.75, 3.05) is 19.0 Å². The zero-order valence-corrected chi connectivity index (χ0v) is 21.5. The number of ether oxygens (including phenoxy) is 2. The highest BCUT2D eigenvalue weighted by Crippen LogP contribution is 2.36. The number of carboxylic acid groups (broad SMARTS) is 1. The van der Waals surface area contributed by atoms with E-state index >= 15 is 0 Å². The van der Waals surface area contributed by atoms with E-state index < -0.39 is 83.3 Å². The van der Waals surface area contributed by atoms with Gasteiger partial charge in [0.1, 0.15) is 24.0 Å². The summed E-state index contributed by atoms with van der Waals surface area (Å²) in [6, 6.07) is 5.71. The van der Waals surface area contributed by atoms with Gasteiger partial charge in [-0.2, -0.15) is 4.39 Å². The third kappa shape index (κ3) is 5.73. The highest BCUT2D eigenvalue weighted by Gasteiger charge is 2.41. The van der Waals surface area contributed by atoms with Gasteiger partial charge in [0.05, 0.1) is 37.2 Å². The zero-order chi connectivity index (χ0) is 30.0. The molecule has 4 rings (SSSR count). The zero-order valence-electron chi connectivity index (χ0n) is 21.5. The number of carbonyl (C=O) groups is 2. The van der Waals surface area contributed by atoms with Gasteiger partial charge in [-0.15, -0.1) is 5.10 Å². The highest BCUT2D eigenvalue weighted by molar-refractivity contribution is 6.06. The van der Waals surface area contributed by atoms with Crippen molar-refractivity contribution < 1.29 is 52.7 Å². The summed E-state index contributed by atoms with van der Waals surface area (Å²) in [6.07, 6.45) is -1.80. The highest BCUT2D eigenvalue weighted by atomic mass is 19.2. The van der Waals surface area contributed by atoms with Crippen LogP contribution in [0, 0.1) is 23.4 Å². The van der Waals surface area contributed by atoms with Crippen LogP contribution < -0.4 is 10.1 Å². The van der Waals surface area contributed by atoms with E-state index in [0.29, 0.717) is 6.07 Å². The molecule has 0 radical (unpaired) electrons. The number of aromatic nitrogens is 3. The van der Waals surface area contributed by atoms with Crippen molar-refractivity contribution in [2.45, 2.75) is 31.3 Å². The number of nitrogens with zero attached hydrogens (tertiary/aromatic N) is 3. The molecule has 1 aliphatic rings. The van der Waals surface area contributed by atoms with Crippen molar-refractivity contribution in [3.63, 3.8) is 0 Å². The molecular formula is C26H25F3N4O8. The molecule has 1 amide bonds. The number of halogens is 3. The van der Waals surface area contributed by atoms with E-state index in [1.54, 1.807) is 25.1 Å². The molecule has 0 spiro atoms. The first-order valence-corrected chi connectivity index (χ1v) is 12.1. The molecule has 0 unspecified atom stereocenters. The number of aliphatic hydroxyl groups excluding tert-OH is 3. The molecule has 0 saturated carbocycles. The molecule has 0 fully saturated rings. The normalized spacial score (nSPS) is 20.0. The molecule has 3 aromatic rings. The number of amides is 1. The lowest BCUT2D eigenvalue weighted by Gasteiger charge is -2.37. The Hall–Kier alpha value is -4.47. The minimum atomic E-state index is -1.63. The predicted molar refractivity (Wildman–Crippen MR) is 134 cm³/mol. The quantitative estimate of drug-likeness (QED) is 0.236. The first-order chi connectivity index (χ1) is 19.5. The molecule has 0 bridgehead atoms. The van der Waals surface area contributed by atoms with Gasteiger partial charge >= 0.3 is 5.97 Å². The van der Waals surface area contributed by atoms with Crippen LogP contribution in [0.3, 0.4) is 0 Å².